The second kappa shape index (κ2) is 5.02. The van der Waals surface area contributed by atoms with Gasteiger partial charge in [0, 0.05) is 10.9 Å². The van der Waals surface area contributed by atoms with Crippen molar-refractivity contribution in [1.29, 1.82) is 0 Å². The lowest BCUT2D eigenvalue weighted by atomic mass is 10.0. The van der Waals surface area contributed by atoms with Crippen molar-refractivity contribution in [3.05, 3.63) is 22.6 Å². The molecule has 4 heteroatoms. The second-order valence-electron chi connectivity index (χ2n) is 4.08. The summed E-state index contributed by atoms with van der Waals surface area (Å²) in [5.74, 6) is 1.04. The van der Waals surface area contributed by atoms with E-state index in [4.69, 9.17) is 4.42 Å². The minimum absolute atomic E-state index is 0.586. The number of hydrogen-bond donors (Lipinski definition) is 0. The van der Waals surface area contributed by atoms with E-state index >= 15 is 0 Å². The SMILES string of the molecule is CC1C(Br)CCCN1Cc1ccc(Br)o1. The predicted octanol–water partition coefficient (Wildman–Crippen LogP) is 3.79. The van der Waals surface area contributed by atoms with Crippen molar-refractivity contribution >= 4 is 31.9 Å². The minimum atomic E-state index is 0.586. The fourth-order valence-corrected chi connectivity index (χ4v) is 3.02. The molecule has 2 atom stereocenters. The number of rotatable bonds is 2. The zero-order chi connectivity index (χ0) is 10.8. The standard InChI is InChI=1S/C11H15Br2NO/c1-8-10(12)3-2-6-14(8)7-9-4-5-11(13)15-9/h4-5,8,10H,2-3,6-7H2,1H3. The molecule has 1 fully saturated rings. The van der Waals surface area contributed by atoms with Crippen molar-refractivity contribution in [2.75, 3.05) is 6.54 Å². The molecule has 1 aromatic heterocycles. The van der Waals surface area contributed by atoms with Crippen molar-refractivity contribution in [1.82, 2.24) is 4.90 Å². The molecule has 0 N–H and O–H groups in total. The van der Waals surface area contributed by atoms with Crippen molar-refractivity contribution in [3.8, 4) is 0 Å². The largest absolute Gasteiger partial charge is 0.453 e. The van der Waals surface area contributed by atoms with Crippen LogP contribution in [0.15, 0.2) is 21.2 Å². The van der Waals surface area contributed by atoms with Crippen LogP contribution in [0, 0.1) is 0 Å². The van der Waals surface area contributed by atoms with Crippen molar-refractivity contribution < 1.29 is 4.42 Å². The van der Waals surface area contributed by atoms with E-state index in [1.165, 1.54) is 19.4 Å². The van der Waals surface area contributed by atoms with E-state index in [0.717, 1.165) is 17.0 Å². The van der Waals surface area contributed by atoms with E-state index < -0.39 is 0 Å². The molecule has 0 bridgehead atoms. The summed E-state index contributed by atoms with van der Waals surface area (Å²) < 4.78 is 6.35. The van der Waals surface area contributed by atoms with E-state index in [-0.39, 0.29) is 0 Å². The van der Waals surface area contributed by atoms with Gasteiger partial charge in [-0.25, -0.2) is 0 Å². The highest BCUT2D eigenvalue weighted by Crippen LogP contribution is 2.26. The Morgan fingerprint density at radius 3 is 3.00 bits per heavy atom. The number of furan rings is 1. The zero-order valence-corrected chi connectivity index (χ0v) is 11.9. The van der Waals surface area contributed by atoms with Crippen molar-refractivity contribution in [3.63, 3.8) is 0 Å². The molecule has 1 aromatic rings. The average Bonchev–Trinajstić information content (AvgIpc) is 2.59. The van der Waals surface area contributed by atoms with Crippen molar-refractivity contribution in [2.24, 2.45) is 0 Å². The second-order valence-corrected chi connectivity index (χ2v) is 6.03. The molecule has 1 saturated heterocycles. The number of piperidine rings is 1. The Morgan fingerprint density at radius 2 is 2.33 bits per heavy atom. The van der Waals surface area contributed by atoms with Gasteiger partial charge in [0.1, 0.15) is 5.76 Å². The van der Waals surface area contributed by atoms with E-state index in [1.54, 1.807) is 0 Å². The van der Waals surface area contributed by atoms with Crippen LogP contribution in [0.4, 0.5) is 0 Å². The molecule has 0 amide bonds. The fourth-order valence-electron chi connectivity index (χ4n) is 2.02. The normalized spacial score (nSPS) is 28.2. The first-order valence-electron chi connectivity index (χ1n) is 5.29. The molecule has 2 nitrogen and oxygen atoms in total. The Balaban J connectivity index is 1.99. The molecule has 84 valence electrons. The quantitative estimate of drug-likeness (QED) is 0.764. The highest BCUT2D eigenvalue weighted by Gasteiger charge is 2.26. The molecule has 0 radical (unpaired) electrons. The zero-order valence-electron chi connectivity index (χ0n) is 8.75. The molecule has 0 spiro atoms. The van der Waals surface area contributed by atoms with Crippen LogP contribution in [0.5, 0.6) is 0 Å². The van der Waals surface area contributed by atoms with Gasteiger partial charge in [-0.1, -0.05) is 15.9 Å². The van der Waals surface area contributed by atoms with Gasteiger partial charge in [-0.15, -0.1) is 0 Å². The molecular formula is C11H15Br2NO. The Labute approximate surface area is 107 Å². The summed E-state index contributed by atoms with van der Waals surface area (Å²) in [5.41, 5.74) is 0. The Hall–Kier alpha value is 0.200. The molecule has 1 aliphatic rings. The molecule has 0 aromatic carbocycles. The van der Waals surface area contributed by atoms with Gasteiger partial charge in [-0.05, 0) is 54.4 Å². The summed E-state index contributed by atoms with van der Waals surface area (Å²) in [4.78, 5) is 3.08. The predicted molar refractivity (Wildman–Crippen MR) is 68.2 cm³/mol. The van der Waals surface area contributed by atoms with Crippen LogP contribution in [-0.4, -0.2) is 22.3 Å². The first-order chi connectivity index (χ1) is 7.16. The van der Waals surface area contributed by atoms with Gasteiger partial charge in [-0.3, -0.25) is 4.90 Å². The van der Waals surface area contributed by atoms with E-state index in [9.17, 15) is 0 Å². The van der Waals surface area contributed by atoms with Gasteiger partial charge in [0.15, 0.2) is 4.67 Å². The van der Waals surface area contributed by atoms with Gasteiger partial charge in [0.25, 0.3) is 0 Å². The van der Waals surface area contributed by atoms with Crippen LogP contribution in [-0.2, 0) is 6.54 Å². The molecule has 2 heterocycles. The minimum Gasteiger partial charge on any atom is -0.453 e. The molecule has 15 heavy (non-hydrogen) atoms. The van der Waals surface area contributed by atoms with E-state index in [1.807, 2.05) is 12.1 Å². The maximum atomic E-state index is 5.53. The van der Waals surface area contributed by atoms with Crippen molar-refractivity contribution in [2.45, 2.75) is 37.2 Å². The highest BCUT2D eigenvalue weighted by molar-refractivity contribution is 9.10. The van der Waals surface area contributed by atoms with Crippen LogP contribution in [0.1, 0.15) is 25.5 Å². The number of nitrogens with zero attached hydrogens (tertiary/aromatic N) is 1. The third kappa shape index (κ3) is 2.86. The first-order valence-corrected chi connectivity index (χ1v) is 7.00. The lowest BCUT2D eigenvalue weighted by Gasteiger charge is -2.36. The number of hydrogen-bond acceptors (Lipinski definition) is 2. The smallest absolute Gasteiger partial charge is 0.169 e. The molecule has 1 aliphatic heterocycles. The number of likely N-dealkylation sites (tertiary alicyclic amines) is 1. The topological polar surface area (TPSA) is 16.4 Å². The van der Waals surface area contributed by atoms with Crippen LogP contribution in [0.25, 0.3) is 0 Å². The summed E-state index contributed by atoms with van der Waals surface area (Å²) in [5, 5.41) is 0. The molecular weight excluding hydrogens is 322 g/mol. The van der Waals surface area contributed by atoms with Crippen LogP contribution >= 0.6 is 31.9 Å². The summed E-state index contributed by atoms with van der Waals surface area (Å²) >= 11 is 7.06. The number of alkyl halides is 1. The molecule has 0 aliphatic carbocycles. The third-order valence-electron chi connectivity index (χ3n) is 3.01. The Morgan fingerprint density at radius 1 is 1.53 bits per heavy atom. The molecule has 0 saturated carbocycles. The van der Waals surface area contributed by atoms with E-state index in [0.29, 0.717) is 10.9 Å². The molecule has 2 unspecified atom stereocenters. The average molecular weight is 337 g/mol. The maximum Gasteiger partial charge on any atom is 0.169 e. The lowest BCUT2D eigenvalue weighted by molar-refractivity contribution is 0.148. The highest BCUT2D eigenvalue weighted by atomic mass is 79.9. The van der Waals surface area contributed by atoms with Gasteiger partial charge < -0.3 is 4.42 Å². The van der Waals surface area contributed by atoms with Gasteiger partial charge in [-0.2, -0.15) is 0 Å². The third-order valence-corrected chi connectivity index (χ3v) is 4.66. The number of halogens is 2. The van der Waals surface area contributed by atoms with Gasteiger partial charge in [0.05, 0.1) is 6.54 Å². The molecule has 2 rings (SSSR count). The lowest BCUT2D eigenvalue weighted by Crippen LogP contribution is -2.43. The van der Waals surface area contributed by atoms with Crippen LogP contribution in [0.2, 0.25) is 0 Å². The summed E-state index contributed by atoms with van der Waals surface area (Å²) in [6, 6.07) is 4.58. The summed E-state index contributed by atoms with van der Waals surface area (Å²) in [7, 11) is 0. The van der Waals surface area contributed by atoms with Crippen LogP contribution < -0.4 is 0 Å². The maximum absolute atomic E-state index is 5.53. The van der Waals surface area contributed by atoms with E-state index in [2.05, 4.69) is 43.7 Å². The van der Waals surface area contributed by atoms with Crippen LogP contribution in [0.3, 0.4) is 0 Å². The summed E-state index contributed by atoms with van der Waals surface area (Å²) in [6.45, 7) is 4.35. The van der Waals surface area contributed by atoms with Gasteiger partial charge in [0.2, 0.25) is 0 Å². The first kappa shape index (κ1) is 11.7. The fraction of sp³-hybridized carbons (Fsp3) is 0.636. The van der Waals surface area contributed by atoms with Gasteiger partial charge >= 0.3 is 0 Å². The Bertz CT molecular complexity index is 326. The summed E-state index contributed by atoms with van der Waals surface area (Å²) in [6.07, 6.45) is 2.54. The monoisotopic (exact) mass is 335 g/mol. The Kier molecular flexibility index (Phi) is 3.91.